The summed E-state index contributed by atoms with van der Waals surface area (Å²) in [5.74, 6) is -0.796. The standard InChI is InChI=1S/C21H23F3N8O2/c1-26-19(34)17-10-31(18(33)11-32-13-27-28-29-32)12-20(17)4-6-30(7-5-20)15-3-2-14(9-25)16(8-15)21(22,23)24/h2-3,8,13,17H,4-7,10-12H2,1H3,(H,26,34). The average molecular weight is 476 g/mol. The van der Waals surface area contributed by atoms with Gasteiger partial charge in [0.2, 0.25) is 11.8 Å². The molecule has 1 aromatic carbocycles. The predicted octanol–water partition coefficient (Wildman–Crippen LogP) is 1.05. The summed E-state index contributed by atoms with van der Waals surface area (Å²) >= 11 is 0. The molecule has 3 heterocycles. The van der Waals surface area contributed by atoms with Crippen LogP contribution < -0.4 is 10.2 Å². The monoisotopic (exact) mass is 476 g/mol. The molecule has 34 heavy (non-hydrogen) atoms. The Bertz CT molecular complexity index is 1100. The minimum atomic E-state index is -4.63. The van der Waals surface area contributed by atoms with Crippen LogP contribution in [0.4, 0.5) is 18.9 Å². The number of carbonyl (C=O) groups is 2. The number of anilines is 1. The zero-order valence-corrected chi connectivity index (χ0v) is 18.4. The lowest BCUT2D eigenvalue weighted by Gasteiger charge is -2.43. The van der Waals surface area contributed by atoms with Crippen molar-refractivity contribution in [1.82, 2.24) is 30.4 Å². The number of carbonyl (C=O) groups excluding carboxylic acids is 2. The highest BCUT2D eigenvalue weighted by atomic mass is 19.4. The SMILES string of the molecule is CNC(=O)C1CN(C(=O)Cn2cnnn2)CC12CCN(c1ccc(C#N)c(C(F)(F)F)c1)CC2. The predicted molar refractivity (Wildman–Crippen MR) is 112 cm³/mol. The van der Waals surface area contributed by atoms with Gasteiger partial charge < -0.3 is 15.1 Å². The van der Waals surface area contributed by atoms with E-state index in [-0.39, 0.29) is 24.9 Å². The van der Waals surface area contributed by atoms with Crippen molar-refractivity contribution in [2.45, 2.75) is 25.6 Å². The molecule has 1 atom stereocenters. The molecule has 0 radical (unpaired) electrons. The first-order valence-corrected chi connectivity index (χ1v) is 10.7. The maximum Gasteiger partial charge on any atom is 0.417 e. The van der Waals surface area contributed by atoms with Gasteiger partial charge in [0, 0.05) is 44.3 Å². The normalized spacial score (nSPS) is 19.8. The molecule has 1 aromatic heterocycles. The van der Waals surface area contributed by atoms with Crippen molar-refractivity contribution in [2.24, 2.45) is 11.3 Å². The number of nitrogens with zero attached hydrogens (tertiary/aromatic N) is 7. The van der Waals surface area contributed by atoms with E-state index in [0.717, 1.165) is 6.07 Å². The molecule has 2 aromatic rings. The van der Waals surface area contributed by atoms with Crippen LogP contribution in [0.1, 0.15) is 24.0 Å². The summed E-state index contributed by atoms with van der Waals surface area (Å²) in [5.41, 5.74) is -1.48. The van der Waals surface area contributed by atoms with Crippen molar-refractivity contribution >= 4 is 17.5 Å². The number of tetrazole rings is 1. The number of nitriles is 1. The Kier molecular flexibility index (Phi) is 6.16. The van der Waals surface area contributed by atoms with E-state index in [1.54, 1.807) is 18.0 Å². The number of likely N-dealkylation sites (tertiary alicyclic amines) is 1. The summed E-state index contributed by atoms with van der Waals surface area (Å²) in [6.07, 6.45) is -2.23. The van der Waals surface area contributed by atoms with E-state index in [1.807, 2.05) is 4.90 Å². The van der Waals surface area contributed by atoms with Crippen molar-refractivity contribution in [3.8, 4) is 6.07 Å². The second kappa shape index (κ2) is 8.92. The molecule has 2 saturated heterocycles. The number of nitrogens with one attached hydrogen (secondary N) is 1. The highest BCUT2D eigenvalue weighted by molar-refractivity contribution is 5.83. The molecule has 0 saturated carbocycles. The van der Waals surface area contributed by atoms with E-state index in [9.17, 15) is 22.8 Å². The molecule has 180 valence electrons. The van der Waals surface area contributed by atoms with Crippen molar-refractivity contribution in [3.05, 3.63) is 35.7 Å². The van der Waals surface area contributed by atoms with E-state index < -0.39 is 28.6 Å². The minimum absolute atomic E-state index is 0.0405. The molecular weight excluding hydrogens is 453 g/mol. The van der Waals surface area contributed by atoms with E-state index in [1.165, 1.54) is 23.1 Å². The molecule has 13 heteroatoms. The largest absolute Gasteiger partial charge is 0.417 e. The smallest absolute Gasteiger partial charge is 0.371 e. The van der Waals surface area contributed by atoms with Crippen molar-refractivity contribution in [2.75, 3.05) is 38.1 Å². The summed E-state index contributed by atoms with van der Waals surface area (Å²) in [5, 5.41) is 22.4. The zero-order chi connectivity index (χ0) is 24.5. The minimum Gasteiger partial charge on any atom is -0.371 e. The highest BCUT2D eigenvalue weighted by Crippen LogP contribution is 2.46. The molecule has 1 unspecified atom stereocenters. The molecule has 1 spiro atoms. The Balaban J connectivity index is 1.51. The van der Waals surface area contributed by atoms with Crippen LogP contribution in [0.5, 0.6) is 0 Å². The van der Waals surface area contributed by atoms with Gasteiger partial charge in [-0.1, -0.05) is 0 Å². The van der Waals surface area contributed by atoms with E-state index in [2.05, 4.69) is 20.8 Å². The van der Waals surface area contributed by atoms with Gasteiger partial charge in [-0.3, -0.25) is 9.59 Å². The second-order valence-electron chi connectivity index (χ2n) is 8.64. The van der Waals surface area contributed by atoms with Crippen LogP contribution in [0.2, 0.25) is 0 Å². The van der Waals surface area contributed by atoms with Crippen LogP contribution in [-0.4, -0.2) is 70.1 Å². The molecule has 1 N–H and O–H groups in total. The summed E-state index contributed by atoms with van der Waals surface area (Å²) in [4.78, 5) is 29.0. The zero-order valence-electron chi connectivity index (χ0n) is 18.4. The van der Waals surface area contributed by atoms with Gasteiger partial charge in [-0.15, -0.1) is 5.10 Å². The Morgan fingerprint density at radius 2 is 2.03 bits per heavy atom. The fourth-order valence-electron chi connectivity index (χ4n) is 4.96. The van der Waals surface area contributed by atoms with Crippen molar-refractivity contribution < 1.29 is 22.8 Å². The number of piperidine rings is 1. The molecule has 0 aliphatic carbocycles. The van der Waals surface area contributed by atoms with Crippen LogP contribution in [0.3, 0.4) is 0 Å². The third-order valence-corrected chi connectivity index (χ3v) is 6.81. The van der Waals surface area contributed by atoms with Gasteiger partial charge in [-0.25, -0.2) is 4.68 Å². The van der Waals surface area contributed by atoms with Gasteiger partial charge >= 0.3 is 6.18 Å². The molecule has 2 fully saturated rings. The number of rotatable bonds is 4. The van der Waals surface area contributed by atoms with Crippen LogP contribution in [-0.2, 0) is 22.3 Å². The van der Waals surface area contributed by atoms with Gasteiger partial charge in [0.1, 0.15) is 12.9 Å². The van der Waals surface area contributed by atoms with Gasteiger partial charge in [-0.2, -0.15) is 18.4 Å². The van der Waals surface area contributed by atoms with E-state index in [0.29, 0.717) is 38.2 Å². The Morgan fingerprint density at radius 3 is 2.62 bits per heavy atom. The number of hydrogen-bond acceptors (Lipinski definition) is 7. The van der Waals surface area contributed by atoms with Gasteiger partial charge in [-0.05, 0) is 41.5 Å². The molecule has 2 aliphatic rings. The summed E-state index contributed by atoms with van der Waals surface area (Å²) in [6.45, 7) is 1.44. The first kappa shape index (κ1) is 23.5. The second-order valence-corrected chi connectivity index (χ2v) is 8.64. The van der Waals surface area contributed by atoms with E-state index in [4.69, 9.17) is 5.26 Å². The number of alkyl halides is 3. The molecular formula is C21H23F3N8O2. The third-order valence-electron chi connectivity index (χ3n) is 6.81. The summed E-state index contributed by atoms with van der Waals surface area (Å²) in [7, 11) is 1.55. The molecule has 10 nitrogen and oxygen atoms in total. The molecule has 2 aliphatic heterocycles. The average Bonchev–Trinajstić information content (AvgIpc) is 3.46. The lowest BCUT2D eigenvalue weighted by atomic mass is 9.70. The highest BCUT2D eigenvalue weighted by Gasteiger charge is 2.52. The molecule has 4 rings (SSSR count). The van der Waals surface area contributed by atoms with Crippen molar-refractivity contribution in [3.63, 3.8) is 0 Å². The fraction of sp³-hybridized carbons (Fsp3) is 0.524. The van der Waals surface area contributed by atoms with Crippen LogP contribution in [0.15, 0.2) is 24.5 Å². The lowest BCUT2D eigenvalue weighted by molar-refractivity contribution is -0.137. The van der Waals surface area contributed by atoms with Crippen molar-refractivity contribution in [1.29, 1.82) is 5.26 Å². The number of benzene rings is 1. The maximum atomic E-state index is 13.4. The summed E-state index contributed by atoms with van der Waals surface area (Å²) < 4.78 is 41.5. The first-order chi connectivity index (χ1) is 16.2. The number of amides is 2. The van der Waals surface area contributed by atoms with Gasteiger partial charge in [0.15, 0.2) is 0 Å². The number of aromatic nitrogens is 4. The van der Waals surface area contributed by atoms with Crippen LogP contribution in [0.25, 0.3) is 0 Å². The third kappa shape index (κ3) is 4.40. The Labute approximate surface area is 193 Å². The molecule has 0 bridgehead atoms. The lowest BCUT2D eigenvalue weighted by Crippen LogP contribution is -2.48. The van der Waals surface area contributed by atoms with Gasteiger partial charge in [0.25, 0.3) is 0 Å². The fourth-order valence-corrected chi connectivity index (χ4v) is 4.96. The topological polar surface area (TPSA) is 120 Å². The first-order valence-electron chi connectivity index (χ1n) is 10.7. The van der Waals surface area contributed by atoms with Crippen LogP contribution >= 0.6 is 0 Å². The number of hydrogen-bond donors (Lipinski definition) is 1. The number of halogens is 3. The quantitative estimate of drug-likeness (QED) is 0.701. The van der Waals surface area contributed by atoms with E-state index >= 15 is 0 Å². The maximum absolute atomic E-state index is 13.4. The van der Waals surface area contributed by atoms with Crippen LogP contribution in [0, 0.1) is 22.7 Å². The molecule has 2 amide bonds. The Morgan fingerprint density at radius 1 is 1.29 bits per heavy atom. The Hall–Kier alpha value is -3.69. The summed E-state index contributed by atoms with van der Waals surface area (Å²) in [6, 6.07) is 5.29. The van der Waals surface area contributed by atoms with Gasteiger partial charge in [0.05, 0.1) is 23.1 Å².